The average molecular weight is 559 g/mol. The van der Waals surface area contributed by atoms with Gasteiger partial charge in [-0.05, 0) is 41.5 Å². The zero-order valence-corrected chi connectivity index (χ0v) is 22.9. The van der Waals surface area contributed by atoms with E-state index < -0.39 is 48.1 Å². The van der Waals surface area contributed by atoms with Crippen molar-refractivity contribution in [2.24, 2.45) is 17.4 Å². The molecule has 0 aromatic heterocycles. The van der Waals surface area contributed by atoms with Gasteiger partial charge in [0.2, 0.25) is 17.7 Å². The largest absolute Gasteiger partial charge is 0.391 e. The number of carbonyl (C=O) groups excluding carboxylic acids is 3. The molecule has 0 radical (unpaired) electrons. The second-order valence-electron chi connectivity index (χ2n) is 10.7. The number of primary amides is 1. The van der Waals surface area contributed by atoms with Gasteiger partial charge in [-0.1, -0.05) is 84.9 Å². The van der Waals surface area contributed by atoms with Crippen LogP contribution in [0.5, 0.6) is 0 Å². The van der Waals surface area contributed by atoms with Gasteiger partial charge in [-0.3, -0.25) is 14.4 Å². The molecule has 0 aliphatic heterocycles. The van der Waals surface area contributed by atoms with Crippen LogP contribution in [-0.4, -0.2) is 52.2 Å². The third-order valence-electron chi connectivity index (χ3n) is 7.57. The normalized spacial score (nSPS) is 18.9. The maximum absolute atomic E-state index is 13.7. The number of aliphatic hydroxyl groups is 2. The van der Waals surface area contributed by atoms with Crippen molar-refractivity contribution in [3.05, 3.63) is 107 Å². The number of nitrogens with one attached hydrogen (secondary N) is 2. The van der Waals surface area contributed by atoms with Crippen molar-refractivity contribution in [3.63, 3.8) is 0 Å². The molecule has 1 aliphatic carbocycles. The number of fused-ring (bicyclic) bond motifs is 1. The minimum absolute atomic E-state index is 0.0357. The molecule has 8 N–H and O–H groups in total. The molecule has 9 nitrogen and oxygen atoms in total. The molecule has 9 heteroatoms. The first kappa shape index (κ1) is 29.9. The predicted molar refractivity (Wildman–Crippen MR) is 155 cm³/mol. The minimum Gasteiger partial charge on any atom is -0.391 e. The number of aliphatic hydroxyl groups excluding tert-OH is 2. The van der Waals surface area contributed by atoms with Crippen molar-refractivity contribution in [3.8, 4) is 0 Å². The zero-order chi connectivity index (χ0) is 29.4. The molecule has 0 fully saturated rings. The lowest BCUT2D eigenvalue weighted by Crippen LogP contribution is -2.52. The van der Waals surface area contributed by atoms with Crippen LogP contribution in [0.2, 0.25) is 0 Å². The highest BCUT2D eigenvalue weighted by molar-refractivity contribution is 5.87. The average Bonchev–Trinajstić information content (AvgIpc) is 3.27. The summed E-state index contributed by atoms with van der Waals surface area (Å²) in [6, 6.07) is 23.9. The Morgan fingerprint density at radius 3 is 2.07 bits per heavy atom. The van der Waals surface area contributed by atoms with E-state index in [9.17, 15) is 24.6 Å². The van der Waals surface area contributed by atoms with Crippen LogP contribution in [0.15, 0.2) is 84.9 Å². The van der Waals surface area contributed by atoms with E-state index in [1.165, 1.54) is 0 Å². The van der Waals surface area contributed by atoms with Gasteiger partial charge in [0, 0.05) is 12.3 Å². The lowest BCUT2D eigenvalue weighted by atomic mass is 9.88. The maximum atomic E-state index is 13.7. The number of hydrogen-bond donors (Lipinski definition) is 6. The summed E-state index contributed by atoms with van der Waals surface area (Å²) in [4.78, 5) is 37.9. The molecule has 0 unspecified atom stereocenters. The van der Waals surface area contributed by atoms with Gasteiger partial charge < -0.3 is 32.3 Å². The van der Waals surface area contributed by atoms with Crippen LogP contribution in [0, 0.1) is 5.92 Å². The van der Waals surface area contributed by atoms with E-state index in [0.717, 1.165) is 22.3 Å². The van der Waals surface area contributed by atoms with Crippen LogP contribution < -0.4 is 22.1 Å². The number of benzene rings is 3. The second-order valence-corrected chi connectivity index (χ2v) is 10.7. The summed E-state index contributed by atoms with van der Waals surface area (Å²) < 4.78 is 0. The molecular weight excluding hydrogens is 520 g/mol. The van der Waals surface area contributed by atoms with E-state index in [-0.39, 0.29) is 25.2 Å². The molecule has 3 aromatic carbocycles. The van der Waals surface area contributed by atoms with Crippen molar-refractivity contribution in [2.45, 2.75) is 62.4 Å². The molecule has 4 rings (SSSR count). The van der Waals surface area contributed by atoms with E-state index in [2.05, 4.69) is 10.6 Å². The monoisotopic (exact) mass is 558 g/mol. The van der Waals surface area contributed by atoms with Gasteiger partial charge >= 0.3 is 0 Å². The molecule has 0 bridgehead atoms. The Morgan fingerprint density at radius 2 is 1.44 bits per heavy atom. The molecule has 216 valence electrons. The standard InChI is InChI=1S/C32H38N4O5/c33-25(19-29(34)39)32(41)35-26(16-21-11-5-2-6-12-21)27(37)18-23(15-20-9-3-1-4-10-20)31(40)36-30-24-14-8-7-13-22(24)17-28(30)38/h1-14,23,25-28,30,37-38H,15-19,33H2,(H2,34,39)(H,35,41)(H,36,40)/t23-,25-,26-,27+,28+,30-/m0/s1. The quantitative estimate of drug-likeness (QED) is 0.185. The highest BCUT2D eigenvalue weighted by atomic mass is 16.3. The first-order valence-electron chi connectivity index (χ1n) is 13.9. The molecular formula is C32H38N4O5. The van der Waals surface area contributed by atoms with Crippen LogP contribution in [0.25, 0.3) is 0 Å². The Balaban J connectivity index is 1.55. The first-order chi connectivity index (χ1) is 19.7. The fourth-order valence-electron chi connectivity index (χ4n) is 5.41. The second kappa shape index (κ2) is 14.0. The molecule has 0 saturated carbocycles. The number of hydrogen-bond acceptors (Lipinski definition) is 6. The van der Waals surface area contributed by atoms with E-state index in [0.29, 0.717) is 12.8 Å². The third kappa shape index (κ3) is 8.23. The molecule has 1 aliphatic rings. The van der Waals surface area contributed by atoms with Gasteiger partial charge in [-0.2, -0.15) is 0 Å². The predicted octanol–water partition coefficient (Wildman–Crippen LogP) is 1.30. The van der Waals surface area contributed by atoms with Crippen molar-refractivity contribution < 1.29 is 24.6 Å². The smallest absolute Gasteiger partial charge is 0.237 e. The van der Waals surface area contributed by atoms with Gasteiger partial charge in [0.15, 0.2) is 0 Å². The molecule has 41 heavy (non-hydrogen) atoms. The zero-order valence-electron chi connectivity index (χ0n) is 22.9. The van der Waals surface area contributed by atoms with Gasteiger partial charge in [-0.15, -0.1) is 0 Å². The van der Waals surface area contributed by atoms with Crippen LogP contribution >= 0.6 is 0 Å². The van der Waals surface area contributed by atoms with Crippen LogP contribution in [-0.2, 0) is 33.6 Å². The van der Waals surface area contributed by atoms with Gasteiger partial charge in [0.1, 0.15) is 0 Å². The van der Waals surface area contributed by atoms with Crippen LogP contribution in [0.3, 0.4) is 0 Å². The maximum Gasteiger partial charge on any atom is 0.237 e. The van der Waals surface area contributed by atoms with Crippen molar-refractivity contribution >= 4 is 17.7 Å². The molecule has 0 heterocycles. The molecule has 3 amide bonds. The summed E-state index contributed by atoms with van der Waals surface area (Å²) in [5.41, 5.74) is 14.7. The minimum atomic E-state index is -1.16. The van der Waals surface area contributed by atoms with E-state index in [1.807, 2.05) is 84.9 Å². The first-order valence-corrected chi connectivity index (χ1v) is 13.9. The Labute approximate surface area is 240 Å². The van der Waals surface area contributed by atoms with E-state index in [4.69, 9.17) is 11.5 Å². The van der Waals surface area contributed by atoms with E-state index in [1.54, 1.807) is 0 Å². The topological polar surface area (TPSA) is 168 Å². The van der Waals surface area contributed by atoms with Crippen molar-refractivity contribution in [1.82, 2.24) is 10.6 Å². The third-order valence-corrected chi connectivity index (χ3v) is 7.57. The van der Waals surface area contributed by atoms with Gasteiger partial charge in [0.25, 0.3) is 0 Å². The highest BCUT2D eigenvalue weighted by Crippen LogP contribution is 2.32. The summed E-state index contributed by atoms with van der Waals surface area (Å²) in [5, 5.41) is 28.0. The van der Waals surface area contributed by atoms with Gasteiger partial charge in [0.05, 0.1) is 36.8 Å². The van der Waals surface area contributed by atoms with Crippen molar-refractivity contribution in [1.29, 1.82) is 0 Å². The Morgan fingerprint density at radius 1 is 0.854 bits per heavy atom. The fourth-order valence-corrected chi connectivity index (χ4v) is 5.41. The summed E-state index contributed by atoms with van der Waals surface area (Å²) in [5.74, 6) is -2.28. The molecule has 3 aromatic rings. The molecule has 0 saturated heterocycles. The van der Waals surface area contributed by atoms with Gasteiger partial charge in [-0.25, -0.2) is 0 Å². The Kier molecular flexibility index (Phi) is 10.2. The summed E-state index contributed by atoms with van der Waals surface area (Å²) in [6.45, 7) is 0. The summed E-state index contributed by atoms with van der Waals surface area (Å²) in [7, 11) is 0. The van der Waals surface area contributed by atoms with Crippen LogP contribution in [0.4, 0.5) is 0 Å². The highest BCUT2D eigenvalue weighted by Gasteiger charge is 2.35. The molecule has 6 atom stereocenters. The summed E-state index contributed by atoms with van der Waals surface area (Å²) in [6.07, 6.45) is -1.09. The summed E-state index contributed by atoms with van der Waals surface area (Å²) >= 11 is 0. The number of amides is 3. The Hall–Kier alpha value is -4.05. The SMILES string of the molecule is NC(=O)C[C@H](N)C(=O)N[C@@H](Cc1ccccc1)[C@H](O)C[C@H](Cc1ccccc1)C(=O)N[C@H]1c2ccccc2C[C@H]1O. The fraction of sp³-hybridized carbons (Fsp3) is 0.344. The van der Waals surface area contributed by atoms with Crippen molar-refractivity contribution in [2.75, 3.05) is 0 Å². The lowest BCUT2D eigenvalue weighted by Gasteiger charge is -2.29. The number of nitrogens with two attached hydrogens (primary N) is 2. The number of rotatable bonds is 13. The Bertz CT molecular complexity index is 1320. The van der Waals surface area contributed by atoms with E-state index >= 15 is 0 Å². The molecule has 0 spiro atoms. The van der Waals surface area contributed by atoms with Crippen LogP contribution in [0.1, 0.15) is 41.1 Å². The lowest BCUT2D eigenvalue weighted by molar-refractivity contribution is -0.128. The number of carbonyl (C=O) groups is 3.